The van der Waals surface area contributed by atoms with Crippen LogP contribution in [0.4, 0.5) is 10.5 Å². The summed E-state index contributed by atoms with van der Waals surface area (Å²) in [7, 11) is 1.33. The van der Waals surface area contributed by atoms with Crippen molar-refractivity contribution in [2.24, 2.45) is 5.92 Å². The summed E-state index contributed by atoms with van der Waals surface area (Å²) in [5.74, 6) is 1.46. The molecule has 2 unspecified atom stereocenters. The van der Waals surface area contributed by atoms with Crippen LogP contribution in [0.15, 0.2) is 40.9 Å². The lowest BCUT2D eigenvalue weighted by molar-refractivity contribution is -0.0181. The molecule has 2 aromatic carbocycles. The summed E-state index contributed by atoms with van der Waals surface area (Å²) in [6.45, 7) is 6.30. The Morgan fingerprint density at radius 3 is 2.52 bits per heavy atom. The molecular weight excluding hydrogens is 605 g/mol. The molecule has 1 aliphatic carbocycles. The average molecular weight is 643 g/mol. The molecule has 3 aromatic rings. The third kappa shape index (κ3) is 6.14. The molecule has 3 heterocycles. The highest BCUT2D eigenvalue weighted by Gasteiger charge is 2.48. The lowest BCUT2D eigenvalue weighted by Crippen LogP contribution is -2.51. The van der Waals surface area contributed by atoms with E-state index >= 15 is 0 Å². The predicted molar refractivity (Wildman–Crippen MR) is 168 cm³/mol. The van der Waals surface area contributed by atoms with Crippen molar-refractivity contribution < 1.29 is 28.3 Å². The van der Waals surface area contributed by atoms with Crippen molar-refractivity contribution in [1.29, 1.82) is 0 Å². The molecule has 11 heteroatoms. The Kier molecular flexibility index (Phi) is 8.81. The largest absolute Gasteiger partial charge is 0.489 e. The van der Waals surface area contributed by atoms with Gasteiger partial charge in [-0.1, -0.05) is 41.3 Å². The van der Waals surface area contributed by atoms with Crippen LogP contribution in [0.5, 0.6) is 5.75 Å². The number of anilines is 1. The highest BCUT2D eigenvalue weighted by atomic mass is 35.5. The van der Waals surface area contributed by atoms with Gasteiger partial charge in [0.1, 0.15) is 17.2 Å². The number of piperidine rings is 1. The Morgan fingerprint density at radius 1 is 1.11 bits per heavy atom. The van der Waals surface area contributed by atoms with Gasteiger partial charge in [-0.25, -0.2) is 9.59 Å². The first-order valence-corrected chi connectivity index (χ1v) is 15.9. The van der Waals surface area contributed by atoms with Crippen LogP contribution in [0.1, 0.15) is 80.5 Å². The maximum atomic E-state index is 13.7. The summed E-state index contributed by atoms with van der Waals surface area (Å²) in [5, 5.41) is 8.47. The molecule has 0 radical (unpaired) electrons. The predicted octanol–water partition coefficient (Wildman–Crippen LogP) is 8.09. The minimum Gasteiger partial charge on any atom is -0.489 e. The molecule has 234 valence electrons. The maximum Gasteiger partial charge on any atom is 0.337 e. The van der Waals surface area contributed by atoms with Crippen LogP contribution in [0.25, 0.3) is 11.3 Å². The Hall–Kier alpha value is -3.27. The van der Waals surface area contributed by atoms with E-state index in [1.165, 1.54) is 7.11 Å². The molecule has 2 bridgehead atoms. The normalized spacial score (nSPS) is 22.8. The van der Waals surface area contributed by atoms with Crippen molar-refractivity contribution in [1.82, 2.24) is 10.1 Å². The summed E-state index contributed by atoms with van der Waals surface area (Å²) in [5.41, 5.74) is 3.05. The number of nitrogens with one attached hydrogen (secondary N) is 1. The monoisotopic (exact) mass is 641 g/mol. The summed E-state index contributed by atoms with van der Waals surface area (Å²) in [4.78, 5) is 27.8. The zero-order chi connectivity index (χ0) is 31.1. The lowest BCUT2D eigenvalue weighted by Gasteiger charge is -2.39. The van der Waals surface area contributed by atoms with Crippen molar-refractivity contribution in [3.05, 3.63) is 63.3 Å². The number of hydrogen-bond donors (Lipinski definition) is 1. The Balaban J connectivity index is 1.17. The molecule has 3 aliphatic rings. The number of methoxy groups -OCH3 is 1. The fourth-order valence-corrected chi connectivity index (χ4v) is 7.15. The first-order valence-electron chi connectivity index (χ1n) is 15.2. The molecule has 6 rings (SSSR count). The first kappa shape index (κ1) is 30.7. The van der Waals surface area contributed by atoms with E-state index in [9.17, 15) is 9.59 Å². The van der Waals surface area contributed by atoms with Gasteiger partial charge in [-0.05, 0) is 82.2 Å². The second-order valence-electron chi connectivity index (χ2n) is 12.3. The average Bonchev–Trinajstić information content (AvgIpc) is 3.71. The maximum absolute atomic E-state index is 13.7. The van der Waals surface area contributed by atoms with Gasteiger partial charge in [0.2, 0.25) is 0 Å². The molecule has 1 aromatic heterocycles. The van der Waals surface area contributed by atoms with Crippen LogP contribution in [0, 0.1) is 5.92 Å². The van der Waals surface area contributed by atoms with Crippen molar-refractivity contribution in [3.63, 3.8) is 0 Å². The fraction of sp³-hybridized carbons (Fsp3) is 0.485. The second-order valence-corrected chi connectivity index (χ2v) is 13.1. The van der Waals surface area contributed by atoms with Crippen LogP contribution in [-0.2, 0) is 16.1 Å². The molecule has 9 nitrogen and oxygen atoms in total. The van der Waals surface area contributed by atoms with E-state index < -0.39 is 5.97 Å². The van der Waals surface area contributed by atoms with Gasteiger partial charge in [-0.3, -0.25) is 0 Å². The SMILES string of the molecule is COC(=O)c1ccc(NC(=O)N2C3C[C@H](OCc4c(-c5c(Cl)cccc5Cl)noc4C4CC4)CC2[C@H](C)C3)c(OC(C)C)c1. The van der Waals surface area contributed by atoms with Crippen molar-refractivity contribution in [2.75, 3.05) is 12.4 Å². The number of hydrogen-bond acceptors (Lipinski definition) is 7. The van der Waals surface area contributed by atoms with Gasteiger partial charge in [0.15, 0.2) is 0 Å². The number of esters is 1. The van der Waals surface area contributed by atoms with E-state index in [4.69, 9.17) is 41.9 Å². The molecule has 0 spiro atoms. The summed E-state index contributed by atoms with van der Waals surface area (Å²) in [6.07, 6.45) is 4.27. The highest BCUT2D eigenvalue weighted by Crippen LogP contribution is 2.47. The minimum atomic E-state index is -0.469. The number of rotatable bonds is 9. The number of nitrogens with zero attached hydrogens (tertiary/aromatic N) is 2. The third-order valence-electron chi connectivity index (χ3n) is 8.76. The molecule has 2 saturated heterocycles. The van der Waals surface area contributed by atoms with Crippen LogP contribution >= 0.6 is 23.2 Å². The van der Waals surface area contributed by atoms with Gasteiger partial charge in [0, 0.05) is 29.1 Å². The number of carbonyl (C=O) groups is 2. The topological polar surface area (TPSA) is 103 Å². The summed E-state index contributed by atoms with van der Waals surface area (Å²) >= 11 is 13.1. The fourth-order valence-electron chi connectivity index (χ4n) is 6.57. The van der Waals surface area contributed by atoms with Crippen LogP contribution in [0.2, 0.25) is 10.0 Å². The summed E-state index contributed by atoms with van der Waals surface area (Å²) < 4.78 is 23.2. The molecule has 2 amide bonds. The Labute approximate surface area is 267 Å². The number of benzene rings is 2. The van der Waals surface area contributed by atoms with E-state index in [-0.39, 0.29) is 30.3 Å². The number of halogens is 2. The molecular formula is C33H37Cl2N3O6. The molecule has 4 atom stereocenters. The van der Waals surface area contributed by atoms with Gasteiger partial charge in [0.25, 0.3) is 0 Å². The molecule has 44 heavy (non-hydrogen) atoms. The summed E-state index contributed by atoms with van der Waals surface area (Å²) in [6, 6.07) is 10.2. The standard InChI is InChI=1S/C33H37Cl2N3O6/c1-17(2)43-28-13-20(32(39)41-4)10-11-26(28)36-33(40)38-21-12-18(3)27(38)15-22(14-21)42-16-23-30(37-44-31(23)19-8-9-19)29-24(34)6-5-7-25(29)35/h5-7,10-11,13,17-19,21-22,27H,8-9,12,14-16H2,1-4H3,(H,36,40)/t18-,21?,22+,27?/m1/s1. The Bertz CT molecular complexity index is 1530. The second kappa shape index (κ2) is 12.6. The van der Waals surface area contributed by atoms with Gasteiger partial charge in [0.05, 0.1) is 47.2 Å². The molecule has 2 aliphatic heterocycles. The third-order valence-corrected chi connectivity index (χ3v) is 9.39. The molecule has 1 saturated carbocycles. The van der Waals surface area contributed by atoms with Crippen molar-refractivity contribution in [2.45, 2.75) is 89.7 Å². The van der Waals surface area contributed by atoms with Crippen molar-refractivity contribution >= 4 is 40.9 Å². The zero-order valence-electron chi connectivity index (χ0n) is 25.3. The number of fused-ring (bicyclic) bond motifs is 2. The van der Waals surface area contributed by atoms with Crippen molar-refractivity contribution in [3.8, 4) is 17.0 Å². The smallest absolute Gasteiger partial charge is 0.337 e. The number of urea groups is 1. The highest BCUT2D eigenvalue weighted by molar-refractivity contribution is 6.39. The van der Waals surface area contributed by atoms with Crippen LogP contribution < -0.4 is 10.1 Å². The number of amides is 2. The lowest BCUT2D eigenvalue weighted by atomic mass is 9.97. The number of ether oxygens (including phenoxy) is 3. The van der Waals surface area contributed by atoms with Crippen LogP contribution in [0.3, 0.4) is 0 Å². The number of carbonyl (C=O) groups excluding carboxylic acids is 2. The van der Waals surface area contributed by atoms with E-state index in [0.717, 1.165) is 37.0 Å². The zero-order valence-corrected chi connectivity index (χ0v) is 26.8. The van der Waals surface area contributed by atoms with E-state index in [1.54, 1.807) is 30.3 Å². The quantitative estimate of drug-likeness (QED) is 0.235. The molecule has 3 fully saturated rings. The van der Waals surface area contributed by atoms with E-state index in [1.807, 2.05) is 24.8 Å². The van der Waals surface area contributed by atoms with E-state index in [0.29, 0.717) is 63.2 Å². The van der Waals surface area contributed by atoms with Gasteiger partial charge < -0.3 is 29.0 Å². The van der Waals surface area contributed by atoms with Gasteiger partial charge >= 0.3 is 12.0 Å². The minimum absolute atomic E-state index is 0.0189. The van der Waals surface area contributed by atoms with Crippen LogP contribution in [-0.4, -0.2) is 53.5 Å². The van der Waals surface area contributed by atoms with Gasteiger partial charge in [-0.2, -0.15) is 0 Å². The first-order chi connectivity index (χ1) is 21.1. The molecule has 1 N–H and O–H groups in total. The Morgan fingerprint density at radius 2 is 1.86 bits per heavy atom. The number of aromatic nitrogens is 1. The van der Waals surface area contributed by atoms with E-state index in [2.05, 4.69) is 17.4 Å². The van der Waals surface area contributed by atoms with Gasteiger partial charge in [-0.15, -0.1) is 0 Å².